The highest BCUT2D eigenvalue weighted by atomic mass is 14.4. The van der Waals surface area contributed by atoms with Crippen LogP contribution in [0.15, 0.2) is 194 Å². The Bertz CT molecular complexity index is 3430. The van der Waals surface area contributed by atoms with Crippen molar-refractivity contribution >= 4 is 64.6 Å². The lowest BCUT2D eigenvalue weighted by atomic mass is 9.77. The summed E-state index contributed by atoms with van der Waals surface area (Å²) in [6.45, 7) is 4.88. The number of hydrogen-bond acceptors (Lipinski definition) is 0. The summed E-state index contributed by atoms with van der Waals surface area (Å²) < 4.78 is 0. The monoisotopic (exact) mass is 722 g/mol. The molecule has 0 radical (unpaired) electrons. The maximum absolute atomic E-state index is 2.56. The molecule has 57 heavy (non-hydrogen) atoms. The van der Waals surface area contributed by atoms with Crippen molar-refractivity contribution in [3.63, 3.8) is 0 Å². The maximum Gasteiger partial charge on any atom is 0.0171 e. The van der Waals surface area contributed by atoms with Gasteiger partial charge in [-0.15, -0.1) is 0 Å². The molecule has 11 aromatic rings. The number of fused-ring (bicyclic) bond motifs is 13. The molecule has 0 amide bonds. The first-order valence-electron chi connectivity index (χ1n) is 20.1. The molecule has 266 valence electrons. The quantitative estimate of drug-likeness (QED) is 0.126. The van der Waals surface area contributed by atoms with Gasteiger partial charge in [0.05, 0.1) is 0 Å². The van der Waals surface area contributed by atoms with Crippen LogP contribution >= 0.6 is 0 Å². The van der Waals surface area contributed by atoms with Gasteiger partial charge in [0.25, 0.3) is 0 Å². The molecule has 0 aliphatic heterocycles. The molecule has 0 bridgehead atoms. The first-order valence-corrected chi connectivity index (χ1v) is 20.1. The smallest absolute Gasteiger partial charge is 0.0171 e. The molecule has 0 aromatic heterocycles. The highest BCUT2D eigenvalue weighted by molar-refractivity contribution is 6.26. The lowest BCUT2D eigenvalue weighted by Gasteiger charge is -2.26. The third kappa shape index (κ3) is 4.56. The summed E-state index contributed by atoms with van der Waals surface area (Å²) in [5.41, 5.74) is 12.9. The molecule has 0 atom stereocenters. The fourth-order valence-corrected chi connectivity index (χ4v) is 10.6. The Kier molecular flexibility index (Phi) is 6.78. The Morgan fingerprint density at radius 2 is 0.719 bits per heavy atom. The minimum absolute atomic E-state index is 0.198. The van der Waals surface area contributed by atoms with Gasteiger partial charge in [0.1, 0.15) is 0 Å². The highest BCUT2D eigenvalue weighted by Crippen LogP contribution is 2.58. The molecule has 0 saturated carbocycles. The van der Waals surface area contributed by atoms with Crippen LogP contribution in [0.3, 0.4) is 0 Å². The molecule has 12 rings (SSSR count). The van der Waals surface area contributed by atoms with Gasteiger partial charge in [0.2, 0.25) is 0 Å². The predicted molar refractivity (Wildman–Crippen MR) is 245 cm³/mol. The van der Waals surface area contributed by atoms with E-state index in [-0.39, 0.29) is 5.41 Å². The van der Waals surface area contributed by atoms with E-state index < -0.39 is 0 Å². The van der Waals surface area contributed by atoms with E-state index in [1.807, 2.05) is 0 Å². The topological polar surface area (TPSA) is 0 Å². The molecule has 0 nitrogen and oxygen atoms in total. The van der Waals surface area contributed by atoms with Gasteiger partial charge in [-0.1, -0.05) is 190 Å². The van der Waals surface area contributed by atoms with Crippen molar-refractivity contribution in [2.45, 2.75) is 19.3 Å². The van der Waals surface area contributed by atoms with Gasteiger partial charge in [-0.3, -0.25) is 0 Å². The van der Waals surface area contributed by atoms with Crippen LogP contribution in [0.5, 0.6) is 0 Å². The van der Waals surface area contributed by atoms with E-state index in [4.69, 9.17) is 0 Å². The summed E-state index contributed by atoms with van der Waals surface area (Å²) in [7, 11) is 0. The first kappa shape index (κ1) is 32.2. The van der Waals surface area contributed by atoms with Crippen LogP contribution in [0.4, 0.5) is 0 Å². The van der Waals surface area contributed by atoms with Crippen molar-refractivity contribution < 1.29 is 0 Å². The highest BCUT2D eigenvalue weighted by Gasteiger charge is 2.40. The van der Waals surface area contributed by atoms with Crippen molar-refractivity contribution in [1.29, 1.82) is 0 Å². The van der Waals surface area contributed by atoms with Crippen LogP contribution in [-0.2, 0) is 5.41 Å². The van der Waals surface area contributed by atoms with E-state index in [1.165, 1.54) is 120 Å². The van der Waals surface area contributed by atoms with E-state index in [0.717, 1.165) is 0 Å². The van der Waals surface area contributed by atoms with Crippen LogP contribution < -0.4 is 0 Å². The molecule has 0 heteroatoms. The summed E-state index contributed by atoms with van der Waals surface area (Å²) in [4.78, 5) is 0. The van der Waals surface area contributed by atoms with Crippen molar-refractivity contribution in [3.8, 4) is 44.5 Å². The van der Waals surface area contributed by atoms with E-state index >= 15 is 0 Å². The summed E-state index contributed by atoms with van der Waals surface area (Å²) in [6, 6.07) is 72.5. The molecule has 0 saturated heterocycles. The average Bonchev–Trinajstić information content (AvgIpc) is 3.51. The second kappa shape index (κ2) is 12.0. The molecule has 0 spiro atoms. The Morgan fingerprint density at radius 3 is 1.37 bits per heavy atom. The average molecular weight is 723 g/mol. The van der Waals surface area contributed by atoms with Gasteiger partial charge in [-0.25, -0.2) is 0 Å². The Hall–Kier alpha value is -7.02. The summed E-state index contributed by atoms with van der Waals surface area (Å²) in [5.74, 6) is 0. The number of hydrogen-bond donors (Lipinski definition) is 0. The van der Waals surface area contributed by atoms with Gasteiger partial charge in [-0.05, 0) is 138 Å². The lowest BCUT2D eigenvalue weighted by Crippen LogP contribution is -2.16. The largest absolute Gasteiger partial charge is 0.0616 e. The molecule has 0 N–H and O–H groups in total. The Labute approximate surface area is 332 Å². The minimum Gasteiger partial charge on any atom is -0.0616 e. The van der Waals surface area contributed by atoms with Crippen molar-refractivity contribution in [3.05, 3.63) is 205 Å². The van der Waals surface area contributed by atoms with Crippen LogP contribution in [0.1, 0.15) is 25.0 Å². The van der Waals surface area contributed by atoms with Crippen LogP contribution in [-0.4, -0.2) is 0 Å². The number of rotatable bonds is 3. The molecular weight excluding hydrogens is 685 g/mol. The van der Waals surface area contributed by atoms with Gasteiger partial charge >= 0.3 is 0 Å². The number of benzene rings is 11. The summed E-state index contributed by atoms with van der Waals surface area (Å²) in [6.07, 6.45) is 0. The molecule has 0 heterocycles. The Morgan fingerprint density at radius 1 is 0.263 bits per heavy atom. The second-order valence-corrected chi connectivity index (χ2v) is 16.3. The van der Waals surface area contributed by atoms with Gasteiger partial charge < -0.3 is 0 Å². The molecular formula is C57H38. The zero-order valence-corrected chi connectivity index (χ0v) is 32.0. The van der Waals surface area contributed by atoms with E-state index in [2.05, 4.69) is 208 Å². The first-order chi connectivity index (χ1) is 28.1. The van der Waals surface area contributed by atoms with Gasteiger partial charge in [0.15, 0.2) is 0 Å². The van der Waals surface area contributed by atoms with E-state index in [9.17, 15) is 0 Å². The Balaban J connectivity index is 1.17. The zero-order chi connectivity index (χ0) is 37.8. The van der Waals surface area contributed by atoms with Crippen molar-refractivity contribution in [2.24, 2.45) is 0 Å². The van der Waals surface area contributed by atoms with Gasteiger partial charge in [-0.2, -0.15) is 0 Å². The summed E-state index contributed by atoms with van der Waals surface area (Å²) >= 11 is 0. The SMILES string of the molecule is CC1(C)c2c(cc(-c3c4ccccc4c(-c4cccc(-c5ccc6ccccc6c5)c4)c4ccccc34)c3ccccc23)-c2c1c1ccccc1c1ccccc21. The van der Waals surface area contributed by atoms with Gasteiger partial charge in [0, 0.05) is 5.41 Å². The van der Waals surface area contributed by atoms with Crippen molar-refractivity contribution in [2.75, 3.05) is 0 Å². The molecule has 11 aromatic carbocycles. The maximum atomic E-state index is 2.56. The fraction of sp³-hybridized carbons (Fsp3) is 0.0526. The van der Waals surface area contributed by atoms with Crippen LogP contribution in [0, 0.1) is 0 Å². The minimum atomic E-state index is -0.198. The molecule has 0 fully saturated rings. The van der Waals surface area contributed by atoms with E-state index in [1.54, 1.807) is 0 Å². The molecule has 0 unspecified atom stereocenters. The lowest BCUT2D eigenvalue weighted by molar-refractivity contribution is 0.672. The van der Waals surface area contributed by atoms with E-state index in [0.29, 0.717) is 0 Å². The third-order valence-electron chi connectivity index (χ3n) is 12.9. The third-order valence-corrected chi connectivity index (χ3v) is 12.9. The molecule has 1 aliphatic carbocycles. The summed E-state index contributed by atoms with van der Waals surface area (Å²) in [5, 5.41) is 15.6. The van der Waals surface area contributed by atoms with Crippen LogP contribution in [0.2, 0.25) is 0 Å². The van der Waals surface area contributed by atoms with Crippen LogP contribution in [0.25, 0.3) is 109 Å². The standard InChI is InChI=1S/C57H38/c1-57(2)55-48-28-13-7-22-42(48)50(34-51(55)54-43-23-8-5-20-40(43)41-21-6-14-29-49(41)56(54)57)53-46-26-11-9-24-44(46)52(45-25-10-12-27-47(45)53)39-19-15-18-37(33-39)38-31-30-35-16-3-4-17-36(35)32-38/h3-34H,1-2H3. The predicted octanol–water partition coefficient (Wildman–Crippen LogP) is 15.9. The normalized spacial score (nSPS) is 13.2. The second-order valence-electron chi connectivity index (χ2n) is 16.3. The zero-order valence-electron chi connectivity index (χ0n) is 32.0. The fourth-order valence-electron chi connectivity index (χ4n) is 10.6. The van der Waals surface area contributed by atoms with Crippen molar-refractivity contribution in [1.82, 2.24) is 0 Å². The molecule has 1 aliphatic rings.